The third kappa shape index (κ3) is 3.18. The van der Waals surface area contributed by atoms with Gasteiger partial charge in [-0.1, -0.05) is 30.3 Å². The lowest BCUT2D eigenvalue weighted by molar-refractivity contribution is -0.183. The van der Waals surface area contributed by atoms with E-state index in [2.05, 4.69) is 32.2 Å². The summed E-state index contributed by atoms with van der Waals surface area (Å²) in [5.74, 6) is 1.04. The van der Waals surface area contributed by atoms with Crippen molar-refractivity contribution in [1.29, 1.82) is 0 Å². The highest BCUT2D eigenvalue weighted by Gasteiger charge is 2.52. The number of morpholine rings is 1. The molecule has 4 heterocycles. The van der Waals surface area contributed by atoms with E-state index in [4.69, 9.17) is 9.15 Å². The van der Waals surface area contributed by atoms with Crippen molar-refractivity contribution in [2.45, 2.75) is 24.6 Å². The first-order valence-corrected chi connectivity index (χ1v) is 10.1. The number of carbonyl (C=O) groups excluding carboxylic acids is 1. The summed E-state index contributed by atoms with van der Waals surface area (Å²) in [6.07, 6.45) is 4.05. The van der Waals surface area contributed by atoms with Gasteiger partial charge in [0, 0.05) is 32.5 Å². The zero-order valence-electron chi connectivity index (χ0n) is 16.8. The van der Waals surface area contributed by atoms with Crippen LogP contribution in [0.4, 0.5) is 0 Å². The molecular weight excluding hydrogens is 382 g/mol. The number of carbonyl (C=O) groups is 1. The second-order valence-corrected chi connectivity index (χ2v) is 7.77. The summed E-state index contributed by atoms with van der Waals surface area (Å²) in [6, 6.07) is 13.9. The molecule has 0 N–H and O–H groups in total. The number of benzene rings is 1. The number of rotatable bonds is 4. The quantitative estimate of drug-likeness (QED) is 0.657. The SMILES string of the molecule is CN1C(=O)CO[C@H]2CN(Cc3nnc(-c4cccnc4)o3)CC[C@@]21c1ccccc1. The molecule has 2 aromatic heterocycles. The zero-order chi connectivity index (χ0) is 20.6. The minimum Gasteiger partial charge on any atom is -0.419 e. The minimum absolute atomic E-state index is 0.0153. The van der Waals surface area contributed by atoms with Gasteiger partial charge in [-0.25, -0.2) is 0 Å². The van der Waals surface area contributed by atoms with E-state index in [9.17, 15) is 4.79 Å². The molecule has 2 saturated heterocycles. The van der Waals surface area contributed by atoms with E-state index in [1.165, 1.54) is 0 Å². The number of hydrogen-bond acceptors (Lipinski definition) is 7. The van der Waals surface area contributed by atoms with E-state index in [-0.39, 0.29) is 18.6 Å². The number of aromatic nitrogens is 3. The molecule has 0 radical (unpaired) electrons. The van der Waals surface area contributed by atoms with Crippen LogP contribution in [-0.2, 0) is 21.6 Å². The maximum absolute atomic E-state index is 12.5. The van der Waals surface area contributed by atoms with Crippen molar-refractivity contribution >= 4 is 5.91 Å². The van der Waals surface area contributed by atoms with Gasteiger partial charge in [0.25, 0.3) is 0 Å². The van der Waals surface area contributed by atoms with Crippen LogP contribution < -0.4 is 0 Å². The third-order valence-electron chi connectivity index (χ3n) is 6.15. The molecule has 3 aromatic rings. The van der Waals surface area contributed by atoms with Gasteiger partial charge in [-0.05, 0) is 24.1 Å². The van der Waals surface area contributed by atoms with Crippen LogP contribution in [0.1, 0.15) is 17.9 Å². The second kappa shape index (κ2) is 7.62. The van der Waals surface area contributed by atoms with Crippen LogP contribution in [0.25, 0.3) is 11.5 Å². The Hall–Kier alpha value is -3.10. The van der Waals surface area contributed by atoms with Crippen LogP contribution in [0, 0.1) is 0 Å². The van der Waals surface area contributed by atoms with Crippen molar-refractivity contribution in [2.75, 3.05) is 26.7 Å². The predicted octanol–water partition coefficient (Wildman–Crippen LogP) is 2.09. The molecule has 2 atom stereocenters. The van der Waals surface area contributed by atoms with Crippen LogP contribution in [0.2, 0.25) is 0 Å². The summed E-state index contributed by atoms with van der Waals surface area (Å²) < 4.78 is 11.9. The molecule has 8 nitrogen and oxygen atoms in total. The molecule has 154 valence electrons. The molecule has 0 bridgehead atoms. The number of likely N-dealkylation sites (N-methyl/N-ethyl adjacent to an activating group) is 1. The number of likely N-dealkylation sites (tertiary alicyclic amines) is 1. The maximum atomic E-state index is 12.5. The molecule has 1 aromatic carbocycles. The molecule has 0 aliphatic carbocycles. The first kappa shape index (κ1) is 18.9. The largest absolute Gasteiger partial charge is 0.419 e. The zero-order valence-corrected chi connectivity index (χ0v) is 16.8. The molecule has 2 aliphatic heterocycles. The van der Waals surface area contributed by atoms with E-state index in [0.717, 1.165) is 24.1 Å². The number of ether oxygens (including phenoxy) is 1. The van der Waals surface area contributed by atoms with Gasteiger partial charge in [0.05, 0.1) is 23.8 Å². The molecule has 0 unspecified atom stereocenters. The van der Waals surface area contributed by atoms with Gasteiger partial charge in [-0.15, -0.1) is 10.2 Å². The average molecular weight is 405 g/mol. The lowest BCUT2D eigenvalue weighted by atomic mass is 9.76. The van der Waals surface area contributed by atoms with Gasteiger partial charge in [0.2, 0.25) is 17.7 Å². The molecule has 5 rings (SSSR count). The van der Waals surface area contributed by atoms with E-state index >= 15 is 0 Å². The van der Waals surface area contributed by atoms with Gasteiger partial charge in [-0.3, -0.25) is 14.7 Å². The molecule has 8 heteroatoms. The van der Waals surface area contributed by atoms with Gasteiger partial charge >= 0.3 is 0 Å². The van der Waals surface area contributed by atoms with Crippen LogP contribution in [-0.4, -0.2) is 63.7 Å². The third-order valence-corrected chi connectivity index (χ3v) is 6.15. The van der Waals surface area contributed by atoms with Crippen molar-refractivity contribution in [2.24, 2.45) is 0 Å². The highest BCUT2D eigenvalue weighted by molar-refractivity contribution is 5.79. The molecule has 2 fully saturated rings. The lowest BCUT2D eigenvalue weighted by Crippen LogP contribution is -2.66. The van der Waals surface area contributed by atoms with Crippen molar-refractivity contribution in [1.82, 2.24) is 25.0 Å². The van der Waals surface area contributed by atoms with Gasteiger partial charge < -0.3 is 14.1 Å². The first-order valence-electron chi connectivity index (χ1n) is 10.1. The van der Waals surface area contributed by atoms with Crippen molar-refractivity contribution in [3.63, 3.8) is 0 Å². The minimum atomic E-state index is -0.456. The summed E-state index contributed by atoms with van der Waals surface area (Å²) >= 11 is 0. The van der Waals surface area contributed by atoms with Gasteiger partial charge in [0.15, 0.2) is 0 Å². The van der Waals surface area contributed by atoms with Crippen molar-refractivity contribution in [3.8, 4) is 11.5 Å². The molecular formula is C22H23N5O3. The van der Waals surface area contributed by atoms with Crippen molar-refractivity contribution < 1.29 is 13.9 Å². The van der Waals surface area contributed by atoms with E-state index in [1.54, 1.807) is 12.4 Å². The topological polar surface area (TPSA) is 84.6 Å². The number of pyridine rings is 1. The molecule has 0 saturated carbocycles. The normalized spacial score (nSPS) is 24.6. The summed E-state index contributed by atoms with van der Waals surface area (Å²) in [7, 11) is 1.89. The van der Waals surface area contributed by atoms with E-state index in [0.29, 0.717) is 24.9 Å². The fraction of sp³-hybridized carbons (Fsp3) is 0.364. The molecule has 30 heavy (non-hydrogen) atoms. The van der Waals surface area contributed by atoms with Crippen LogP contribution in [0.15, 0.2) is 59.3 Å². The second-order valence-electron chi connectivity index (χ2n) is 7.77. The number of piperidine rings is 1. The Labute approximate surface area is 174 Å². The highest BCUT2D eigenvalue weighted by atomic mass is 16.5. The first-order chi connectivity index (χ1) is 14.7. The summed E-state index contributed by atoms with van der Waals surface area (Å²) in [4.78, 5) is 20.7. The number of hydrogen-bond donors (Lipinski definition) is 0. The van der Waals surface area contributed by atoms with E-state index in [1.807, 2.05) is 42.3 Å². The standard InChI is InChI=1S/C22H23N5O3/c1-26-20(28)15-29-18-13-27(11-9-22(18,26)17-7-3-2-4-8-17)14-19-24-25-21(30-19)16-6-5-10-23-12-16/h2-8,10,12,18H,9,11,13-15H2,1H3/t18-,22+/m0/s1. The fourth-order valence-electron chi connectivity index (χ4n) is 4.54. The molecule has 0 spiro atoms. The van der Waals surface area contributed by atoms with Gasteiger partial charge in [-0.2, -0.15) is 0 Å². The molecule has 1 amide bonds. The van der Waals surface area contributed by atoms with Crippen molar-refractivity contribution in [3.05, 3.63) is 66.3 Å². The van der Waals surface area contributed by atoms with Crippen LogP contribution in [0.3, 0.4) is 0 Å². The predicted molar refractivity (Wildman–Crippen MR) is 108 cm³/mol. The smallest absolute Gasteiger partial charge is 0.249 e. The average Bonchev–Trinajstić information content (AvgIpc) is 3.26. The Morgan fingerprint density at radius 3 is 2.83 bits per heavy atom. The number of amides is 1. The Morgan fingerprint density at radius 2 is 2.03 bits per heavy atom. The maximum Gasteiger partial charge on any atom is 0.249 e. The Morgan fingerprint density at radius 1 is 1.17 bits per heavy atom. The summed E-state index contributed by atoms with van der Waals surface area (Å²) in [5, 5.41) is 8.35. The highest BCUT2D eigenvalue weighted by Crippen LogP contribution is 2.42. The lowest BCUT2D eigenvalue weighted by Gasteiger charge is -2.54. The molecule has 2 aliphatic rings. The van der Waals surface area contributed by atoms with Crippen LogP contribution >= 0.6 is 0 Å². The summed E-state index contributed by atoms with van der Waals surface area (Å²) in [6.45, 7) is 2.11. The monoisotopic (exact) mass is 405 g/mol. The van der Waals surface area contributed by atoms with E-state index < -0.39 is 5.54 Å². The van der Waals surface area contributed by atoms with Crippen LogP contribution in [0.5, 0.6) is 0 Å². The fourth-order valence-corrected chi connectivity index (χ4v) is 4.54. The Bertz CT molecular complexity index is 1030. The summed E-state index contributed by atoms with van der Waals surface area (Å²) in [5.41, 5.74) is 1.46. The Balaban J connectivity index is 1.36. The number of nitrogens with zero attached hydrogens (tertiary/aromatic N) is 5. The number of fused-ring (bicyclic) bond motifs is 1. The van der Waals surface area contributed by atoms with Gasteiger partial charge in [0.1, 0.15) is 6.61 Å². The Kier molecular flexibility index (Phi) is 4.80.